The van der Waals surface area contributed by atoms with E-state index < -0.39 is 26.7 Å². The number of nitro groups is 1. The van der Waals surface area contributed by atoms with Gasteiger partial charge in [-0.25, -0.2) is 18.4 Å². The minimum atomic E-state index is -4.18. The van der Waals surface area contributed by atoms with Crippen molar-refractivity contribution in [2.45, 2.75) is 50.0 Å². The summed E-state index contributed by atoms with van der Waals surface area (Å²) in [7, 11) is -4.18. The Morgan fingerprint density at radius 2 is 1.79 bits per heavy atom. The molecule has 0 radical (unpaired) electrons. The van der Waals surface area contributed by atoms with Crippen LogP contribution >= 0.6 is 0 Å². The zero-order valence-electron chi connectivity index (χ0n) is 18.3. The molecule has 0 amide bonds. The quantitative estimate of drug-likeness (QED) is 0.234. The summed E-state index contributed by atoms with van der Waals surface area (Å²) in [6.45, 7) is 1.54. The van der Waals surface area contributed by atoms with E-state index in [1.54, 1.807) is 13.1 Å². The van der Waals surface area contributed by atoms with E-state index in [4.69, 9.17) is 0 Å². The summed E-state index contributed by atoms with van der Waals surface area (Å²) >= 11 is 0. The molecule has 0 saturated heterocycles. The standard InChI is InChI=1S/C23H26N4O5S/c1-17(28)10-4-2-7-13-19(23-24-16-20(25-23)18-11-5-3-6-12-18)26-33(31,32)22-15-9-8-14-21(22)27(29)30/h3,5-6,8-9,11-12,14-16,19,26H,2,4,7,10,13H2,1H3,(H,24,25)/p+1/t19-/m0/s1. The molecule has 0 spiro atoms. The monoisotopic (exact) mass is 471 g/mol. The van der Waals surface area contributed by atoms with Crippen LogP contribution in [0.1, 0.15) is 50.9 Å². The number of carbonyl (C=O) groups excluding carboxylic acids is 1. The lowest BCUT2D eigenvalue weighted by Gasteiger charge is -2.14. The van der Waals surface area contributed by atoms with Crippen LogP contribution in [-0.2, 0) is 14.8 Å². The number of nitrogens with zero attached hydrogens (tertiary/aromatic N) is 1. The highest BCUT2D eigenvalue weighted by atomic mass is 32.2. The largest absolute Gasteiger partial charge is 0.300 e. The number of H-pyrrole nitrogens is 2. The van der Waals surface area contributed by atoms with Gasteiger partial charge >= 0.3 is 0 Å². The summed E-state index contributed by atoms with van der Waals surface area (Å²) in [5.41, 5.74) is 1.24. The second kappa shape index (κ2) is 11.0. The van der Waals surface area contributed by atoms with Gasteiger partial charge in [-0.05, 0) is 25.8 Å². The lowest BCUT2D eigenvalue weighted by Crippen LogP contribution is -2.32. The highest BCUT2D eigenvalue weighted by Gasteiger charge is 2.31. The molecule has 0 aliphatic carbocycles. The number of sulfonamides is 1. The molecule has 1 heterocycles. The van der Waals surface area contributed by atoms with Gasteiger partial charge in [0.2, 0.25) is 10.0 Å². The predicted octanol–water partition coefficient (Wildman–Crippen LogP) is 3.96. The van der Waals surface area contributed by atoms with Crippen molar-refractivity contribution in [3.63, 3.8) is 0 Å². The minimum absolute atomic E-state index is 0.119. The Bertz CT molecular complexity index is 1210. The fraction of sp³-hybridized carbons (Fsp3) is 0.304. The number of nitrogens with one attached hydrogen (secondary N) is 3. The van der Waals surface area contributed by atoms with Crippen LogP contribution in [0.4, 0.5) is 5.69 Å². The number of para-hydroxylation sites is 1. The SMILES string of the molecule is CC(=O)CCCCC[C@H](NS(=O)(=O)c1ccccc1[N+](=O)[O-])c1[nH]c(-c2ccccc2)c[nH+]1. The average Bonchev–Trinajstić information content (AvgIpc) is 3.29. The minimum Gasteiger partial charge on any atom is -0.300 e. The number of carbonyl (C=O) groups is 1. The zero-order chi connectivity index (χ0) is 23.8. The molecule has 10 heteroatoms. The van der Waals surface area contributed by atoms with E-state index in [0.717, 1.165) is 24.1 Å². The van der Waals surface area contributed by atoms with E-state index in [1.165, 1.54) is 24.3 Å². The van der Waals surface area contributed by atoms with Gasteiger partial charge in [0.15, 0.2) is 10.6 Å². The van der Waals surface area contributed by atoms with Gasteiger partial charge in [-0.3, -0.25) is 10.1 Å². The lowest BCUT2D eigenvalue weighted by atomic mass is 10.1. The van der Waals surface area contributed by atoms with E-state index in [2.05, 4.69) is 14.7 Å². The van der Waals surface area contributed by atoms with Crippen molar-refractivity contribution >= 4 is 21.5 Å². The second-order valence-corrected chi connectivity index (χ2v) is 9.49. The Morgan fingerprint density at radius 3 is 2.48 bits per heavy atom. The summed E-state index contributed by atoms with van der Waals surface area (Å²) in [5.74, 6) is 0.663. The normalized spacial score (nSPS) is 12.4. The Balaban J connectivity index is 1.85. The van der Waals surface area contributed by atoms with Gasteiger partial charge in [-0.15, -0.1) is 0 Å². The molecule has 0 aliphatic rings. The fourth-order valence-electron chi connectivity index (χ4n) is 3.58. The van der Waals surface area contributed by atoms with Gasteiger partial charge in [-0.1, -0.05) is 55.3 Å². The van der Waals surface area contributed by atoms with Crippen molar-refractivity contribution in [1.82, 2.24) is 9.71 Å². The molecule has 3 N–H and O–H groups in total. The maximum absolute atomic E-state index is 13.1. The first kappa shape index (κ1) is 24.3. The van der Waals surface area contributed by atoms with Crippen molar-refractivity contribution in [2.24, 2.45) is 0 Å². The average molecular weight is 472 g/mol. The summed E-state index contributed by atoms with van der Waals surface area (Å²) in [5, 5.41) is 11.4. The van der Waals surface area contributed by atoms with Crippen LogP contribution in [-0.4, -0.2) is 24.1 Å². The number of benzene rings is 2. The maximum Gasteiger partial charge on any atom is 0.289 e. The molecule has 33 heavy (non-hydrogen) atoms. The summed E-state index contributed by atoms with van der Waals surface area (Å²) < 4.78 is 28.8. The summed E-state index contributed by atoms with van der Waals surface area (Å²) in [6, 6.07) is 14.2. The first-order chi connectivity index (χ1) is 15.8. The van der Waals surface area contributed by atoms with Gasteiger partial charge in [0.05, 0.1) is 4.92 Å². The van der Waals surface area contributed by atoms with Crippen molar-refractivity contribution < 1.29 is 23.1 Å². The van der Waals surface area contributed by atoms with Crippen molar-refractivity contribution in [3.8, 4) is 11.3 Å². The molecule has 0 fully saturated rings. The molecule has 1 aromatic heterocycles. The van der Waals surface area contributed by atoms with Crippen molar-refractivity contribution in [2.75, 3.05) is 0 Å². The number of nitro benzene ring substituents is 1. The van der Waals surface area contributed by atoms with Crippen LogP contribution in [0.25, 0.3) is 11.3 Å². The molecule has 0 unspecified atom stereocenters. The number of Topliss-reactive ketones (excluding diaryl/α,β-unsaturated/α-hetero) is 1. The maximum atomic E-state index is 13.1. The topological polar surface area (TPSA) is 136 Å². The number of rotatable bonds is 12. The molecule has 9 nitrogen and oxygen atoms in total. The van der Waals surface area contributed by atoms with Gasteiger partial charge in [0.1, 0.15) is 18.0 Å². The molecular formula is C23H27N4O5S+. The first-order valence-corrected chi connectivity index (χ1v) is 12.2. The lowest BCUT2D eigenvalue weighted by molar-refractivity contribution is -0.391. The third kappa shape index (κ3) is 6.56. The van der Waals surface area contributed by atoms with Crippen molar-refractivity contribution in [1.29, 1.82) is 0 Å². The van der Waals surface area contributed by atoms with Crippen LogP contribution < -0.4 is 9.71 Å². The molecule has 3 aromatic rings. The van der Waals surface area contributed by atoms with Crippen LogP contribution in [0.15, 0.2) is 65.7 Å². The van der Waals surface area contributed by atoms with Gasteiger partial charge in [-0.2, -0.15) is 4.72 Å². The Labute approximate surface area is 192 Å². The van der Waals surface area contributed by atoms with E-state index >= 15 is 0 Å². The number of ketones is 1. The number of hydrogen-bond donors (Lipinski definition) is 2. The second-order valence-electron chi connectivity index (χ2n) is 7.81. The molecule has 174 valence electrons. The van der Waals surface area contributed by atoms with Gasteiger partial charge in [0.25, 0.3) is 11.5 Å². The smallest absolute Gasteiger partial charge is 0.289 e. The molecule has 1 atom stereocenters. The number of aromatic amines is 2. The van der Waals surface area contributed by atoms with Crippen LogP contribution in [0.5, 0.6) is 0 Å². The number of imidazole rings is 1. The first-order valence-electron chi connectivity index (χ1n) is 10.7. The zero-order valence-corrected chi connectivity index (χ0v) is 19.1. The highest BCUT2D eigenvalue weighted by Crippen LogP contribution is 2.27. The molecule has 0 saturated carbocycles. The molecule has 0 aliphatic heterocycles. The van der Waals surface area contributed by atoms with Gasteiger partial charge in [0, 0.05) is 18.1 Å². The number of unbranched alkanes of at least 4 members (excludes halogenated alkanes) is 2. The molecule has 0 bridgehead atoms. The third-order valence-corrected chi connectivity index (χ3v) is 6.76. The van der Waals surface area contributed by atoms with E-state index in [9.17, 15) is 23.3 Å². The highest BCUT2D eigenvalue weighted by molar-refractivity contribution is 7.89. The van der Waals surface area contributed by atoms with Crippen LogP contribution in [0.2, 0.25) is 0 Å². The Kier molecular flexibility index (Phi) is 8.07. The predicted molar refractivity (Wildman–Crippen MR) is 123 cm³/mol. The molecule has 2 aromatic carbocycles. The summed E-state index contributed by atoms with van der Waals surface area (Å²) in [4.78, 5) is 27.8. The summed E-state index contributed by atoms with van der Waals surface area (Å²) in [6.07, 6.45) is 4.85. The third-order valence-electron chi connectivity index (χ3n) is 5.25. The fourth-order valence-corrected chi connectivity index (χ4v) is 4.99. The molecule has 3 rings (SSSR count). The van der Waals surface area contributed by atoms with Gasteiger partial charge < -0.3 is 4.79 Å². The van der Waals surface area contributed by atoms with Crippen LogP contribution in [0, 0.1) is 10.1 Å². The van der Waals surface area contributed by atoms with Crippen LogP contribution in [0.3, 0.4) is 0 Å². The Hall–Kier alpha value is -3.37. The Morgan fingerprint density at radius 1 is 1.09 bits per heavy atom. The van der Waals surface area contributed by atoms with E-state index in [-0.39, 0.29) is 10.7 Å². The van der Waals surface area contributed by atoms with E-state index in [1.807, 2.05) is 30.3 Å². The van der Waals surface area contributed by atoms with Crippen molar-refractivity contribution in [3.05, 3.63) is 76.7 Å². The van der Waals surface area contributed by atoms with E-state index in [0.29, 0.717) is 25.1 Å². The number of aromatic nitrogens is 2. The molecular weight excluding hydrogens is 444 g/mol. The number of hydrogen-bond acceptors (Lipinski definition) is 5.